The van der Waals surface area contributed by atoms with E-state index in [1.165, 1.54) is 11.8 Å². The van der Waals surface area contributed by atoms with E-state index in [4.69, 9.17) is 16.3 Å². The Bertz CT molecular complexity index is 498. The molecule has 0 aliphatic carbocycles. The molecule has 98 valence electrons. The Hall–Kier alpha value is -0.630. The summed E-state index contributed by atoms with van der Waals surface area (Å²) in [5.41, 5.74) is 0.370. The third-order valence-electron chi connectivity index (χ3n) is 2.14. The standard InChI is InChI=1S/C9H16ClN3O3S/c1-6(5-16-4)12-17(14,15)8-7(2)11-13(3)9(8)10/h6,12H,5H2,1-4H3. The van der Waals surface area contributed by atoms with Crippen molar-refractivity contribution >= 4 is 21.6 Å². The lowest BCUT2D eigenvalue weighted by atomic mass is 10.4. The molecular weight excluding hydrogens is 266 g/mol. The molecule has 17 heavy (non-hydrogen) atoms. The molecule has 1 atom stereocenters. The Labute approximate surface area is 106 Å². The van der Waals surface area contributed by atoms with Gasteiger partial charge in [-0.3, -0.25) is 4.68 Å². The minimum atomic E-state index is -3.67. The quantitative estimate of drug-likeness (QED) is 0.862. The van der Waals surface area contributed by atoms with E-state index in [1.54, 1.807) is 20.9 Å². The van der Waals surface area contributed by atoms with E-state index in [1.807, 2.05) is 0 Å². The Morgan fingerprint density at radius 2 is 2.18 bits per heavy atom. The summed E-state index contributed by atoms with van der Waals surface area (Å²) in [5.74, 6) is 0. The molecule has 0 saturated heterocycles. The molecule has 0 amide bonds. The first kappa shape index (κ1) is 14.4. The van der Waals surface area contributed by atoms with Gasteiger partial charge in [-0.25, -0.2) is 13.1 Å². The maximum Gasteiger partial charge on any atom is 0.245 e. The molecule has 0 spiro atoms. The third kappa shape index (κ3) is 3.19. The van der Waals surface area contributed by atoms with Crippen LogP contribution in [0, 0.1) is 6.92 Å². The van der Waals surface area contributed by atoms with Crippen LogP contribution in [0.4, 0.5) is 0 Å². The number of hydrogen-bond acceptors (Lipinski definition) is 4. The molecule has 0 radical (unpaired) electrons. The molecule has 1 heterocycles. The average Bonchev–Trinajstić information content (AvgIpc) is 2.40. The zero-order valence-corrected chi connectivity index (χ0v) is 11.8. The number of ether oxygens (including phenoxy) is 1. The summed E-state index contributed by atoms with van der Waals surface area (Å²) in [7, 11) is -0.570. The second-order valence-electron chi connectivity index (χ2n) is 3.81. The molecule has 1 aromatic heterocycles. The van der Waals surface area contributed by atoms with Gasteiger partial charge in [-0.1, -0.05) is 11.6 Å². The minimum absolute atomic E-state index is 0.0182. The highest BCUT2D eigenvalue weighted by Gasteiger charge is 2.26. The van der Waals surface area contributed by atoms with Crippen molar-refractivity contribution in [1.82, 2.24) is 14.5 Å². The number of halogens is 1. The molecule has 1 aromatic rings. The summed E-state index contributed by atoms with van der Waals surface area (Å²) >= 11 is 5.91. The van der Waals surface area contributed by atoms with Crippen LogP contribution >= 0.6 is 11.6 Å². The number of nitrogens with one attached hydrogen (secondary N) is 1. The van der Waals surface area contributed by atoms with Crippen LogP contribution in [0.3, 0.4) is 0 Å². The molecular formula is C9H16ClN3O3S. The monoisotopic (exact) mass is 281 g/mol. The predicted octanol–water partition coefficient (Wildman–Crippen LogP) is 0.695. The summed E-state index contributed by atoms with van der Waals surface area (Å²) in [6, 6.07) is -0.333. The van der Waals surface area contributed by atoms with E-state index in [0.717, 1.165) is 0 Å². The molecule has 1 N–H and O–H groups in total. The third-order valence-corrected chi connectivity index (χ3v) is 4.43. The highest BCUT2D eigenvalue weighted by molar-refractivity contribution is 7.89. The van der Waals surface area contributed by atoms with Crippen molar-refractivity contribution in [2.45, 2.75) is 24.8 Å². The van der Waals surface area contributed by atoms with Gasteiger partial charge in [0.25, 0.3) is 0 Å². The summed E-state index contributed by atoms with van der Waals surface area (Å²) in [6.07, 6.45) is 0. The van der Waals surface area contributed by atoms with Gasteiger partial charge >= 0.3 is 0 Å². The van der Waals surface area contributed by atoms with Gasteiger partial charge in [0, 0.05) is 20.2 Å². The number of methoxy groups -OCH3 is 1. The molecule has 0 fully saturated rings. The average molecular weight is 282 g/mol. The summed E-state index contributed by atoms with van der Waals surface area (Å²) < 4.78 is 32.8. The fourth-order valence-corrected chi connectivity index (χ4v) is 3.50. The Kier molecular flexibility index (Phi) is 4.54. The van der Waals surface area contributed by atoms with E-state index >= 15 is 0 Å². The molecule has 0 aliphatic heterocycles. The summed E-state index contributed by atoms with van der Waals surface area (Å²) in [4.78, 5) is 0.0182. The van der Waals surface area contributed by atoms with Gasteiger partial charge < -0.3 is 4.74 Å². The van der Waals surface area contributed by atoms with E-state index < -0.39 is 10.0 Å². The Balaban J connectivity index is 3.05. The zero-order chi connectivity index (χ0) is 13.2. The van der Waals surface area contributed by atoms with E-state index in [9.17, 15) is 8.42 Å². The van der Waals surface area contributed by atoms with E-state index in [2.05, 4.69) is 9.82 Å². The highest BCUT2D eigenvalue weighted by Crippen LogP contribution is 2.23. The summed E-state index contributed by atoms with van der Waals surface area (Å²) in [6.45, 7) is 3.60. The second kappa shape index (κ2) is 5.34. The molecule has 1 unspecified atom stereocenters. The van der Waals surface area contributed by atoms with Crippen LogP contribution in [0.15, 0.2) is 4.90 Å². The first-order valence-electron chi connectivity index (χ1n) is 5.00. The first-order chi connectivity index (χ1) is 7.79. The molecule has 0 saturated carbocycles. The van der Waals surface area contributed by atoms with E-state index in [-0.39, 0.29) is 22.7 Å². The molecule has 0 bridgehead atoms. The van der Waals surface area contributed by atoms with Crippen LogP contribution in [-0.2, 0) is 21.8 Å². The maximum absolute atomic E-state index is 12.1. The lowest BCUT2D eigenvalue weighted by molar-refractivity contribution is 0.180. The van der Waals surface area contributed by atoms with Crippen molar-refractivity contribution in [3.63, 3.8) is 0 Å². The van der Waals surface area contributed by atoms with Crippen molar-refractivity contribution in [1.29, 1.82) is 0 Å². The van der Waals surface area contributed by atoms with Crippen LogP contribution < -0.4 is 4.72 Å². The molecule has 1 rings (SSSR count). The van der Waals surface area contributed by atoms with Crippen LogP contribution in [0.1, 0.15) is 12.6 Å². The van der Waals surface area contributed by atoms with Gasteiger partial charge in [0.15, 0.2) is 0 Å². The number of nitrogens with zero attached hydrogens (tertiary/aromatic N) is 2. The SMILES string of the molecule is COCC(C)NS(=O)(=O)c1c(C)nn(C)c1Cl. The van der Waals surface area contributed by atoms with Crippen molar-refractivity contribution in [2.24, 2.45) is 7.05 Å². The maximum atomic E-state index is 12.1. The van der Waals surface area contributed by atoms with Crippen LogP contribution in [0.5, 0.6) is 0 Å². The lowest BCUT2D eigenvalue weighted by Crippen LogP contribution is -2.35. The van der Waals surface area contributed by atoms with Crippen molar-refractivity contribution < 1.29 is 13.2 Å². The Morgan fingerprint density at radius 1 is 1.59 bits per heavy atom. The number of rotatable bonds is 5. The molecule has 6 nitrogen and oxygen atoms in total. The fourth-order valence-electron chi connectivity index (χ4n) is 1.52. The number of aryl methyl sites for hydroxylation is 2. The smallest absolute Gasteiger partial charge is 0.245 e. The largest absolute Gasteiger partial charge is 0.383 e. The predicted molar refractivity (Wildman–Crippen MR) is 64.6 cm³/mol. The van der Waals surface area contributed by atoms with Crippen LogP contribution in [-0.4, -0.2) is 38.0 Å². The zero-order valence-electron chi connectivity index (χ0n) is 10.2. The highest BCUT2D eigenvalue weighted by atomic mass is 35.5. The minimum Gasteiger partial charge on any atom is -0.383 e. The van der Waals surface area contributed by atoms with Crippen molar-refractivity contribution in [2.75, 3.05) is 13.7 Å². The van der Waals surface area contributed by atoms with E-state index in [0.29, 0.717) is 5.69 Å². The van der Waals surface area contributed by atoms with Gasteiger partial charge in [0.1, 0.15) is 10.0 Å². The van der Waals surface area contributed by atoms with Crippen LogP contribution in [0.2, 0.25) is 5.15 Å². The summed E-state index contributed by atoms with van der Waals surface area (Å²) in [5, 5.41) is 4.06. The fraction of sp³-hybridized carbons (Fsp3) is 0.667. The van der Waals surface area contributed by atoms with Crippen molar-refractivity contribution in [3.05, 3.63) is 10.8 Å². The second-order valence-corrected chi connectivity index (χ2v) is 5.82. The first-order valence-corrected chi connectivity index (χ1v) is 6.86. The number of hydrogen-bond donors (Lipinski definition) is 1. The van der Waals surface area contributed by atoms with Gasteiger partial charge in [0.2, 0.25) is 10.0 Å². The van der Waals surface area contributed by atoms with Crippen molar-refractivity contribution in [3.8, 4) is 0 Å². The topological polar surface area (TPSA) is 73.2 Å². The van der Waals surface area contributed by atoms with Crippen LogP contribution in [0.25, 0.3) is 0 Å². The Morgan fingerprint density at radius 3 is 2.59 bits per heavy atom. The number of sulfonamides is 1. The van der Waals surface area contributed by atoms with Gasteiger partial charge in [-0.15, -0.1) is 0 Å². The van der Waals surface area contributed by atoms with Gasteiger partial charge in [0.05, 0.1) is 12.3 Å². The lowest BCUT2D eigenvalue weighted by Gasteiger charge is -2.12. The molecule has 0 aliphatic rings. The number of aromatic nitrogens is 2. The van der Waals surface area contributed by atoms with Gasteiger partial charge in [-0.2, -0.15) is 5.10 Å². The van der Waals surface area contributed by atoms with Gasteiger partial charge in [-0.05, 0) is 13.8 Å². The molecule has 0 aromatic carbocycles. The normalized spacial score (nSPS) is 13.9. The molecule has 8 heteroatoms.